The molecule has 190 valence electrons. The lowest BCUT2D eigenvalue weighted by Gasteiger charge is -2.32. The van der Waals surface area contributed by atoms with Crippen LogP contribution in [0.2, 0.25) is 0 Å². The van der Waals surface area contributed by atoms with Crippen LogP contribution in [0.1, 0.15) is 57.1 Å². The molecule has 2 aliphatic heterocycles. The first kappa shape index (κ1) is 24.9. The van der Waals surface area contributed by atoms with Crippen LogP contribution in [0.3, 0.4) is 0 Å². The average Bonchev–Trinajstić information content (AvgIpc) is 3.51. The van der Waals surface area contributed by atoms with Gasteiger partial charge in [0.1, 0.15) is 47.8 Å². The maximum Gasteiger partial charge on any atom is 0.532 e. The van der Waals surface area contributed by atoms with Crippen molar-refractivity contribution in [1.82, 2.24) is 0 Å². The molecule has 0 amide bonds. The molecule has 7 heteroatoms. The van der Waals surface area contributed by atoms with Gasteiger partial charge in [0.15, 0.2) is 0 Å². The van der Waals surface area contributed by atoms with Crippen molar-refractivity contribution in [2.75, 3.05) is 6.61 Å². The summed E-state index contributed by atoms with van der Waals surface area (Å²) in [5.41, 5.74) is 2.16. The minimum absolute atomic E-state index is 0.187. The highest BCUT2D eigenvalue weighted by Crippen LogP contribution is 2.38. The smallest absolute Gasteiger partial charge is 0.491 e. The predicted molar refractivity (Wildman–Crippen MR) is 139 cm³/mol. The van der Waals surface area contributed by atoms with Crippen LogP contribution in [0.15, 0.2) is 65.1 Å². The standard InChI is InChI=1S/C29H35BO6/c1-19-7-11-21(12-8-19)31-18-26-25(32-22-13-9-20(2)10-14-22)17-24(33-26)23-15-16-27(34-23)30-35-28(3,4)29(5,6)36-30/h7-16,24-26H,17-18H2,1-6H3/t24-,25+,26-/m1/s1. The van der Waals surface area contributed by atoms with Crippen molar-refractivity contribution in [1.29, 1.82) is 0 Å². The van der Waals surface area contributed by atoms with Crippen LogP contribution >= 0.6 is 0 Å². The van der Waals surface area contributed by atoms with Crippen LogP contribution in [0.25, 0.3) is 0 Å². The fourth-order valence-electron chi connectivity index (χ4n) is 4.40. The summed E-state index contributed by atoms with van der Waals surface area (Å²) in [4.78, 5) is 0. The molecule has 2 aromatic carbocycles. The van der Waals surface area contributed by atoms with E-state index in [0.29, 0.717) is 18.7 Å². The molecule has 0 saturated carbocycles. The van der Waals surface area contributed by atoms with Crippen LogP contribution in [0.4, 0.5) is 0 Å². The number of hydrogen-bond donors (Lipinski definition) is 0. The van der Waals surface area contributed by atoms with E-state index in [4.69, 9.17) is 27.9 Å². The number of ether oxygens (including phenoxy) is 3. The molecule has 3 atom stereocenters. The minimum Gasteiger partial charge on any atom is -0.491 e. The topological polar surface area (TPSA) is 59.3 Å². The van der Waals surface area contributed by atoms with E-state index in [2.05, 4.69) is 13.8 Å². The van der Waals surface area contributed by atoms with Gasteiger partial charge in [-0.05, 0) is 77.9 Å². The third-order valence-corrected chi connectivity index (χ3v) is 7.39. The SMILES string of the molecule is Cc1ccc(OC[C@H]2O[C@@H](c3ccc(B4OC(C)(C)C(C)(C)O4)o3)C[C@@H]2Oc2ccc(C)cc2)cc1. The van der Waals surface area contributed by atoms with Crippen molar-refractivity contribution in [2.45, 2.75) is 77.5 Å². The molecule has 0 bridgehead atoms. The Morgan fingerprint density at radius 2 is 1.39 bits per heavy atom. The lowest BCUT2D eigenvalue weighted by molar-refractivity contribution is -0.0165. The van der Waals surface area contributed by atoms with Crippen LogP contribution in [0, 0.1) is 13.8 Å². The molecular weight excluding hydrogens is 455 g/mol. The van der Waals surface area contributed by atoms with Crippen molar-refractivity contribution < 1.29 is 27.9 Å². The van der Waals surface area contributed by atoms with Gasteiger partial charge in [-0.25, -0.2) is 0 Å². The molecule has 3 aromatic rings. The molecule has 0 radical (unpaired) electrons. The lowest BCUT2D eigenvalue weighted by Crippen LogP contribution is -2.41. The summed E-state index contributed by atoms with van der Waals surface area (Å²) >= 11 is 0. The first-order valence-corrected chi connectivity index (χ1v) is 12.6. The van der Waals surface area contributed by atoms with Gasteiger partial charge in [0.2, 0.25) is 0 Å². The molecule has 2 fully saturated rings. The van der Waals surface area contributed by atoms with Gasteiger partial charge in [0.05, 0.1) is 11.2 Å². The van der Waals surface area contributed by atoms with Crippen molar-refractivity contribution >= 4 is 12.8 Å². The molecule has 2 aliphatic rings. The summed E-state index contributed by atoms with van der Waals surface area (Å²) in [7, 11) is -0.551. The van der Waals surface area contributed by atoms with Crippen molar-refractivity contribution in [3.8, 4) is 11.5 Å². The molecular formula is C29H35BO6. The summed E-state index contributed by atoms with van der Waals surface area (Å²) < 4.78 is 37.4. The Bertz CT molecular complexity index is 1150. The Labute approximate surface area is 214 Å². The Kier molecular flexibility index (Phi) is 6.66. The molecule has 0 spiro atoms. The Morgan fingerprint density at radius 3 is 2.00 bits per heavy atom. The molecule has 1 aromatic heterocycles. The molecule has 0 N–H and O–H groups in total. The average molecular weight is 490 g/mol. The van der Waals surface area contributed by atoms with Gasteiger partial charge in [0.25, 0.3) is 0 Å². The summed E-state index contributed by atoms with van der Waals surface area (Å²) in [6, 6.07) is 19.9. The third-order valence-electron chi connectivity index (χ3n) is 7.39. The molecule has 0 unspecified atom stereocenters. The van der Waals surface area contributed by atoms with E-state index < -0.39 is 18.3 Å². The Morgan fingerprint density at radius 1 is 0.806 bits per heavy atom. The normalized spacial score (nSPS) is 24.7. The zero-order valence-electron chi connectivity index (χ0n) is 21.9. The van der Waals surface area contributed by atoms with Crippen molar-refractivity contribution in [3.63, 3.8) is 0 Å². The largest absolute Gasteiger partial charge is 0.532 e. The highest BCUT2D eigenvalue weighted by atomic mass is 16.7. The fourth-order valence-corrected chi connectivity index (χ4v) is 4.40. The second-order valence-electron chi connectivity index (χ2n) is 10.8. The first-order chi connectivity index (χ1) is 17.1. The van der Waals surface area contributed by atoms with Crippen LogP contribution in [0.5, 0.6) is 11.5 Å². The molecule has 2 saturated heterocycles. The first-order valence-electron chi connectivity index (χ1n) is 12.6. The van der Waals surface area contributed by atoms with Gasteiger partial charge in [0, 0.05) is 6.42 Å². The van der Waals surface area contributed by atoms with Crippen LogP contribution < -0.4 is 15.1 Å². The van der Waals surface area contributed by atoms with Gasteiger partial charge in [-0.15, -0.1) is 0 Å². The van der Waals surface area contributed by atoms with Crippen molar-refractivity contribution in [2.24, 2.45) is 0 Å². The summed E-state index contributed by atoms with van der Waals surface area (Å²) in [5.74, 6) is 2.35. The lowest BCUT2D eigenvalue weighted by atomic mass is 9.86. The second kappa shape index (κ2) is 9.62. The number of hydrogen-bond acceptors (Lipinski definition) is 6. The van der Waals surface area contributed by atoms with Gasteiger partial charge in [-0.3, -0.25) is 0 Å². The van der Waals surface area contributed by atoms with Crippen LogP contribution in [-0.2, 0) is 14.0 Å². The van der Waals surface area contributed by atoms with Gasteiger partial charge < -0.3 is 27.9 Å². The maximum atomic E-state index is 6.43. The predicted octanol–water partition coefficient (Wildman–Crippen LogP) is 5.55. The van der Waals surface area contributed by atoms with E-state index in [-0.39, 0.29) is 18.3 Å². The van der Waals surface area contributed by atoms with Gasteiger partial charge >= 0.3 is 7.12 Å². The second-order valence-corrected chi connectivity index (χ2v) is 10.8. The molecule has 5 rings (SSSR count). The summed E-state index contributed by atoms with van der Waals surface area (Å²) in [5, 5.41) is 0. The minimum atomic E-state index is -0.551. The van der Waals surface area contributed by atoms with E-state index >= 15 is 0 Å². The Balaban J connectivity index is 1.30. The van der Waals surface area contributed by atoms with Gasteiger partial charge in [-0.2, -0.15) is 0 Å². The van der Waals surface area contributed by atoms with Gasteiger partial charge in [-0.1, -0.05) is 35.4 Å². The molecule has 36 heavy (non-hydrogen) atoms. The zero-order valence-corrected chi connectivity index (χ0v) is 21.9. The van der Waals surface area contributed by atoms with Crippen LogP contribution in [-0.4, -0.2) is 37.1 Å². The summed E-state index contributed by atoms with van der Waals surface area (Å²) in [6.45, 7) is 12.6. The zero-order chi connectivity index (χ0) is 25.5. The number of furan rings is 1. The van der Waals surface area contributed by atoms with E-state index in [1.165, 1.54) is 11.1 Å². The fraction of sp³-hybridized carbons (Fsp3) is 0.448. The molecule has 0 aliphatic carbocycles. The molecule has 3 heterocycles. The van der Waals surface area contributed by atoms with Crippen molar-refractivity contribution in [3.05, 3.63) is 77.6 Å². The molecule has 6 nitrogen and oxygen atoms in total. The summed E-state index contributed by atoms with van der Waals surface area (Å²) in [6.07, 6.45) is -0.0636. The monoisotopic (exact) mass is 490 g/mol. The number of aryl methyl sites for hydroxylation is 2. The van der Waals surface area contributed by atoms with E-state index in [1.807, 2.05) is 88.4 Å². The Hall–Kier alpha value is -2.74. The highest BCUT2D eigenvalue weighted by Gasteiger charge is 2.53. The van der Waals surface area contributed by atoms with E-state index in [1.54, 1.807) is 0 Å². The van der Waals surface area contributed by atoms with E-state index in [0.717, 1.165) is 17.3 Å². The third kappa shape index (κ3) is 5.19. The number of benzene rings is 2. The maximum absolute atomic E-state index is 6.43. The number of rotatable bonds is 7. The van der Waals surface area contributed by atoms with E-state index in [9.17, 15) is 0 Å². The quantitative estimate of drug-likeness (QED) is 0.405. The highest BCUT2D eigenvalue weighted by molar-refractivity contribution is 6.60.